The highest BCUT2D eigenvalue weighted by atomic mass is 19.1. The third-order valence-electron chi connectivity index (χ3n) is 4.56. The molecule has 1 heterocycles. The number of halogens is 1. The van der Waals surface area contributed by atoms with Gasteiger partial charge in [-0.25, -0.2) is 14.4 Å². The predicted octanol–water partition coefficient (Wildman–Crippen LogP) is 3.83. The first-order chi connectivity index (χ1) is 13.7. The molecule has 1 aliphatic rings. The third-order valence-corrected chi connectivity index (χ3v) is 4.56. The van der Waals surface area contributed by atoms with Gasteiger partial charge in [-0.15, -0.1) is 0 Å². The monoisotopic (exact) mass is 376 g/mol. The minimum Gasteiger partial charge on any atom is -0.370 e. The van der Waals surface area contributed by atoms with Crippen molar-refractivity contribution in [1.82, 2.24) is 15.3 Å². The Bertz CT molecular complexity index is 973. The normalized spacial score (nSPS) is 13.2. The van der Waals surface area contributed by atoms with Gasteiger partial charge < -0.3 is 10.6 Å². The fourth-order valence-corrected chi connectivity index (χ4v) is 2.88. The van der Waals surface area contributed by atoms with Gasteiger partial charge in [-0.1, -0.05) is 48.5 Å². The van der Waals surface area contributed by atoms with Crippen LogP contribution < -0.4 is 10.6 Å². The van der Waals surface area contributed by atoms with E-state index in [2.05, 4.69) is 20.6 Å². The van der Waals surface area contributed by atoms with E-state index in [1.165, 1.54) is 6.07 Å². The maximum atomic E-state index is 13.8. The summed E-state index contributed by atoms with van der Waals surface area (Å²) in [5.74, 6) is 0.615. The highest BCUT2D eigenvalue weighted by Gasteiger charge is 2.25. The lowest BCUT2D eigenvalue weighted by atomic mass is 10.1. The van der Waals surface area contributed by atoms with Crippen molar-refractivity contribution in [2.75, 3.05) is 11.9 Å². The number of aromatic nitrogens is 2. The summed E-state index contributed by atoms with van der Waals surface area (Å²) in [6, 6.07) is 18.1. The summed E-state index contributed by atoms with van der Waals surface area (Å²) in [7, 11) is 0. The maximum absolute atomic E-state index is 13.8. The van der Waals surface area contributed by atoms with Crippen molar-refractivity contribution in [1.29, 1.82) is 0 Å². The van der Waals surface area contributed by atoms with E-state index < -0.39 is 0 Å². The van der Waals surface area contributed by atoms with Crippen LogP contribution in [0.4, 0.5) is 10.2 Å². The molecule has 3 aromatic rings. The van der Waals surface area contributed by atoms with Gasteiger partial charge in [-0.3, -0.25) is 4.79 Å². The minimum atomic E-state index is -0.221. The summed E-state index contributed by atoms with van der Waals surface area (Å²) in [5, 5.41) is 6.16. The molecule has 4 rings (SSSR count). The molecule has 1 aliphatic carbocycles. The van der Waals surface area contributed by atoms with Crippen molar-refractivity contribution in [2.24, 2.45) is 0 Å². The van der Waals surface area contributed by atoms with Gasteiger partial charge >= 0.3 is 0 Å². The number of hydrogen-bond donors (Lipinski definition) is 2. The second kappa shape index (κ2) is 8.17. The second-order valence-electron chi connectivity index (χ2n) is 6.84. The van der Waals surface area contributed by atoms with Gasteiger partial charge in [-0.2, -0.15) is 0 Å². The zero-order valence-electron chi connectivity index (χ0n) is 15.4. The van der Waals surface area contributed by atoms with Crippen LogP contribution in [0, 0.1) is 5.82 Å². The molecule has 0 spiro atoms. The highest BCUT2D eigenvalue weighted by molar-refractivity contribution is 5.93. The van der Waals surface area contributed by atoms with Crippen LogP contribution in [-0.2, 0) is 6.42 Å². The SMILES string of the molecule is O=C(NC1CC1)c1cc(NCCc2ccccc2F)nc(-c2ccccc2)n1. The zero-order chi connectivity index (χ0) is 19.3. The van der Waals surface area contributed by atoms with Gasteiger partial charge in [0.1, 0.15) is 17.3 Å². The van der Waals surface area contributed by atoms with E-state index in [4.69, 9.17) is 0 Å². The molecule has 0 bridgehead atoms. The van der Waals surface area contributed by atoms with Crippen LogP contribution in [0.3, 0.4) is 0 Å². The predicted molar refractivity (Wildman–Crippen MR) is 107 cm³/mol. The summed E-state index contributed by atoms with van der Waals surface area (Å²) in [6.45, 7) is 0.496. The minimum absolute atomic E-state index is 0.195. The molecule has 1 aromatic heterocycles. The molecule has 28 heavy (non-hydrogen) atoms. The number of rotatable bonds is 7. The van der Waals surface area contributed by atoms with Crippen LogP contribution in [0.15, 0.2) is 60.7 Å². The smallest absolute Gasteiger partial charge is 0.270 e. The van der Waals surface area contributed by atoms with Crippen molar-refractivity contribution in [3.63, 3.8) is 0 Å². The number of nitrogens with one attached hydrogen (secondary N) is 2. The van der Waals surface area contributed by atoms with Gasteiger partial charge in [0.2, 0.25) is 0 Å². The standard InChI is InChI=1S/C22H21FN4O/c23-18-9-5-4-6-15(18)12-13-24-20-14-19(22(28)25-17-10-11-17)26-21(27-20)16-7-2-1-3-8-16/h1-9,14,17H,10-13H2,(H,25,28)(H,24,26,27). The van der Waals surface area contributed by atoms with E-state index in [9.17, 15) is 9.18 Å². The fraction of sp³-hybridized carbons (Fsp3) is 0.227. The molecule has 0 aliphatic heterocycles. The topological polar surface area (TPSA) is 66.9 Å². The Balaban J connectivity index is 1.54. The summed E-state index contributed by atoms with van der Waals surface area (Å²) in [4.78, 5) is 21.5. The molecule has 2 N–H and O–H groups in total. The largest absolute Gasteiger partial charge is 0.370 e. The number of anilines is 1. The Hall–Kier alpha value is -3.28. The lowest BCUT2D eigenvalue weighted by molar-refractivity contribution is 0.0946. The Morgan fingerprint density at radius 2 is 1.79 bits per heavy atom. The molecule has 0 unspecified atom stereocenters. The first kappa shape index (κ1) is 18.1. The van der Waals surface area contributed by atoms with Crippen molar-refractivity contribution >= 4 is 11.7 Å². The zero-order valence-corrected chi connectivity index (χ0v) is 15.4. The Morgan fingerprint density at radius 1 is 1.04 bits per heavy atom. The maximum Gasteiger partial charge on any atom is 0.270 e. The number of amides is 1. The number of benzene rings is 2. The molecule has 0 atom stereocenters. The van der Waals surface area contributed by atoms with Crippen molar-refractivity contribution in [2.45, 2.75) is 25.3 Å². The molecule has 5 nitrogen and oxygen atoms in total. The van der Waals surface area contributed by atoms with E-state index in [-0.39, 0.29) is 17.8 Å². The number of carbonyl (C=O) groups excluding carboxylic acids is 1. The lowest BCUT2D eigenvalue weighted by Crippen LogP contribution is -2.26. The number of nitrogens with zero attached hydrogens (tertiary/aromatic N) is 2. The van der Waals surface area contributed by atoms with E-state index in [1.54, 1.807) is 18.2 Å². The van der Waals surface area contributed by atoms with Crippen LogP contribution in [0.25, 0.3) is 11.4 Å². The summed E-state index contributed by atoms with van der Waals surface area (Å²) >= 11 is 0. The third kappa shape index (κ3) is 4.52. The number of hydrogen-bond acceptors (Lipinski definition) is 4. The summed E-state index contributed by atoms with van der Waals surface area (Å²) in [6.07, 6.45) is 2.53. The molecular formula is C22H21FN4O. The van der Waals surface area contributed by atoms with E-state index in [0.29, 0.717) is 35.9 Å². The van der Waals surface area contributed by atoms with Gasteiger partial charge in [-0.05, 0) is 30.9 Å². The molecule has 1 fully saturated rings. The van der Waals surface area contributed by atoms with Crippen molar-refractivity contribution in [3.05, 3.63) is 77.7 Å². The molecule has 1 saturated carbocycles. The Kier molecular flexibility index (Phi) is 5.28. The molecular weight excluding hydrogens is 355 g/mol. The lowest BCUT2D eigenvalue weighted by Gasteiger charge is -2.11. The van der Waals surface area contributed by atoms with E-state index >= 15 is 0 Å². The quantitative estimate of drug-likeness (QED) is 0.658. The average molecular weight is 376 g/mol. The van der Waals surface area contributed by atoms with Crippen molar-refractivity contribution in [3.8, 4) is 11.4 Å². The molecule has 2 aromatic carbocycles. The summed E-state index contributed by atoms with van der Waals surface area (Å²) < 4.78 is 13.8. The highest BCUT2D eigenvalue weighted by Crippen LogP contribution is 2.21. The second-order valence-corrected chi connectivity index (χ2v) is 6.84. The van der Waals surface area contributed by atoms with Crippen LogP contribution in [0.1, 0.15) is 28.9 Å². The first-order valence-electron chi connectivity index (χ1n) is 9.42. The molecule has 0 saturated heterocycles. The van der Waals surface area contributed by atoms with E-state index in [0.717, 1.165) is 18.4 Å². The Morgan fingerprint density at radius 3 is 2.54 bits per heavy atom. The van der Waals surface area contributed by atoms with Crippen LogP contribution in [-0.4, -0.2) is 28.5 Å². The number of carbonyl (C=O) groups is 1. The molecule has 142 valence electrons. The van der Waals surface area contributed by atoms with Gasteiger partial charge in [0.15, 0.2) is 5.82 Å². The van der Waals surface area contributed by atoms with Gasteiger partial charge in [0, 0.05) is 24.2 Å². The summed E-state index contributed by atoms with van der Waals surface area (Å²) in [5.41, 5.74) is 1.80. The van der Waals surface area contributed by atoms with Crippen molar-refractivity contribution < 1.29 is 9.18 Å². The first-order valence-corrected chi connectivity index (χ1v) is 9.42. The average Bonchev–Trinajstić information content (AvgIpc) is 3.54. The molecule has 6 heteroatoms. The van der Waals surface area contributed by atoms with Crippen LogP contribution in [0.2, 0.25) is 0 Å². The Labute approximate surface area is 163 Å². The molecule has 1 amide bonds. The fourth-order valence-electron chi connectivity index (χ4n) is 2.88. The molecule has 0 radical (unpaired) electrons. The van der Waals surface area contributed by atoms with E-state index in [1.807, 2.05) is 36.4 Å². The van der Waals surface area contributed by atoms with Gasteiger partial charge in [0.05, 0.1) is 0 Å². The van der Waals surface area contributed by atoms with Gasteiger partial charge in [0.25, 0.3) is 5.91 Å². The van der Waals surface area contributed by atoms with Crippen LogP contribution in [0.5, 0.6) is 0 Å². The van der Waals surface area contributed by atoms with Crippen LogP contribution >= 0.6 is 0 Å².